The molecule has 1 aromatic carbocycles. The van der Waals surface area contributed by atoms with Crippen LogP contribution in [0, 0.1) is 17.0 Å². The summed E-state index contributed by atoms with van der Waals surface area (Å²) in [5.74, 6) is 0.0289. The predicted molar refractivity (Wildman–Crippen MR) is 103 cm³/mol. The fraction of sp³-hybridized carbons (Fsp3) is 0.611. The number of halogens is 2. The summed E-state index contributed by atoms with van der Waals surface area (Å²) in [7, 11) is -1.32. The number of rotatable bonds is 5. The number of aliphatic imine (C=N–C) groups is 1. The second-order valence-corrected chi connectivity index (χ2v) is 9.68. The smallest absolute Gasteiger partial charge is 0.193 e. The van der Waals surface area contributed by atoms with Crippen LogP contribution in [0.2, 0.25) is 0 Å². The molecule has 6 nitrogen and oxygen atoms in total. The Bertz CT molecular complexity index is 817. The fourth-order valence-corrected chi connectivity index (χ4v) is 5.09. The Morgan fingerprint density at radius 2 is 1.89 bits per heavy atom. The van der Waals surface area contributed by atoms with Crippen LogP contribution in [-0.4, -0.2) is 71.1 Å². The Labute approximate surface area is 159 Å². The van der Waals surface area contributed by atoms with Crippen LogP contribution in [0.25, 0.3) is 0 Å². The Morgan fingerprint density at radius 1 is 1.22 bits per heavy atom. The highest BCUT2D eigenvalue weighted by atomic mass is 32.2. The zero-order chi connectivity index (χ0) is 19.7. The normalized spacial score (nSPS) is 19.9. The molecule has 3 rings (SSSR count). The minimum absolute atomic E-state index is 0.184. The number of nitrogens with zero attached hydrogens (tertiary/aromatic N) is 3. The maximum Gasteiger partial charge on any atom is 0.193 e. The van der Waals surface area contributed by atoms with Crippen molar-refractivity contribution in [3.05, 3.63) is 29.8 Å². The molecule has 1 heterocycles. The standard InChI is InChI=1S/C18H26F2N4O2S/c1-21-17(22-12-18(5-6-18)13-27(2,25)26)24-9-7-23(8-10-24)16-11-14(19)3-4-15(16)20/h3-4,11H,5-10,12-13H2,1-2H3,(H,21,22). The molecular formula is C18H26F2N4O2S. The third kappa shape index (κ3) is 5.09. The van der Waals surface area contributed by atoms with Gasteiger partial charge in [-0.05, 0) is 25.0 Å². The van der Waals surface area contributed by atoms with Gasteiger partial charge in [0.1, 0.15) is 21.5 Å². The molecule has 0 atom stereocenters. The van der Waals surface area contributed by atoms with Gasteiger partial charge in [0.15, 0.2) is 5.96 Å². The summed E-state index contributed by atoms with van der Waals surface area (Å²) in [4.78, 5) is 8.19. The predicted octanol–water partition coefficient (Wildman–Crippen LogP) is 1.49. The molecule has 27 heavy (non-hydrogen) atoms. The quantitative estimate of drug-likeness (QED) is 0.599. The molecule has 0 bridgehead atoms. The maximum absolute atomic E-state index is 14.0. The maximum atomic E-state index is 14.0. The lowest BCUT2D eigenvalue weighted by molar-refractivity contribution is 0.366. The van der Waals surface area contributed by atoms with Crippen molar-refractivity contribution < 1.29 is 17.2 Å². The van der Waals surface area contributed by atoms with Crippen molar-refractivity contribution in [3.63, 3.8) is 0 Å². The van der Waals surface area contributed by atoms with Crippen molar-refractivity contribution in [2.45, 2.75) is 12.8 Å². The molecule has 0 spiro atoms. The molecule has 1 aromatic rings. The topological polar surface area (TPSA) is 65.0 Å². The van der Waals surface area contributed by atoms with E-state index in [0.29, 0.717) is 38.7 Å². The molecule has 2 aliphatic rings. The zero-order valence-corrected chi connectivity index (χ0v) is 16.5. The van der Waals surface area contributed by atoms with E-state index in [2.05, 4.69) is 15.2 Å². The minimum atomic E-state index is -3.01. The highest BCUT2D eigenvalue weighted by molar-refractivity contribution is 7.90. The monoisotopic (exact) mass is 400 g/mol. The van der Waals surface area contributed by atoms with Crippen LogP contribution in [0.4, 0.5) is 14.5 Å². The van der Waals surface area contributed by atoms with E-state index in [0.717, 1.165) is 25.0 Å². The number of guanidine groups is 1. The molecule has 0 unspecified atom stereocenters. The molecule has 0 radical (unpaired) electrons. The molecule has 0 aromatic heterocycles. The lowest BCUT2D eigenvalue weighted by Gasteiger charge is -2.38. The number of nitrogens with one attached hydrogen (secondary N) is 1. The molecule has 1 aliphatic carbocycles. The van der Waals surface area contributed by atoms with Crippen LogP contribution in [0.15, 0.2) is 23.2 Å². The Kier molecular flexibility index (Phi) is 5.60. The second kappa shape index (κ2) is 7.61. The number of hydrogen-bond acceptors (Lipinski definition) is 4. The Morgan fingerprint density at radius 3 is 2.44 bits per heavy atom. The number of anilines is 1. The SMILES string of the molecule is CN=C(NCC1(CS(C)(=O)=O)CC1)N1CCN(c2cc(F)ccc2F)CC1. The first-order chi connectivity index (χ1) is 12.7. The summed E-state index contributed by atoms with van der Waals surface area (Å²) in [6.07, 6.45) is 3.07. The van der Waals surface area contributed by atoms with Crippen molar-refractivity contribution in [3.8, 4) is 0 Å². The van der Waals surface area contributed by atoms with E-state index in [4.69, 9.17) is 0 Å². The van der Waals surface area contributed by atoms with Crippen LogP contribution in [0.5, 0.6) is 0 Å². The van der Waals surface area contributed by atoms with E-state index in [-0.39, 0.29) is 16.9 Å². The molecule has 1 N–H and O–H groups in total. The van der Waals surface area contributed by atoms with E-state index >= 15 is 0 Å². The summed E-state index contributed by atoms with van der Waals surface area (Å²) >= 11 is 0. The summed E-state index contributed by atoms with van der Waals surface area (Å²) in [6.45, 7) is 2.92. The van der Waals surface area contributed by atoms with Crippen molar-refractivity contribution in [2.24, 2.45) is 10.4 Å². The van der Waals surface area contributed by atoms with Gasteiger partial charge < -0.3 is 15.1 Å². The highest BCUT2D eigenvalue weighted by Crippen LogP contribution is 2.46. The van der Waals surface area contributed by atoms with E-state index in [1.54, 1.807) is 7.05 Å². The van der Waals surface area contributed by atoms with Crippen LogP contribution >= 0.6 is 0 Å². The van der Waals surface area contributed by atoms with Gasteiger partial charge >= 0.3 is 0 Å². The molecule has 0 amide bonds. The van der Waals surface area contributed by atoms with Gasteiger partial charge in [-0.2, -0.15) is 0 Å². The minimum Gasteiger partial charge on any atom is -0.366 e. The zero-order valence-electron chi connectivity index (χ0n) is 15.7. The summed E-state index contributed by atoms with van der Waals surface area (Å²) in [5.41, 5.74) is 0.0958. The first-order valence-electron chi connectivity index (χ1n) is 9.05. The fourth-order valence-electron chi connectivity index (χ4n) is 3.59. The van der Waals surface area contributed by atoms with Gasteiger partial charge in [0.2, 0.25) is 0 Å². The van der Waals surface area contributed by atoms with Gasteiger partial charge in [-0.1, -0.05) is 0 Å². The Hall–Kier alpha value is -1.90. The number of piperazine rings is 1. The van der Waals surface area contributed by atoms with Gasteiger partial charge in [-0.3, -0.25) is 4.99 Å². The average molecular weight is 400 g/mol. The first kappa shape index (κ1) is 19.9. The summed E-state index contributed by atoms with van der Waals surface area (Å²) in [6, 6.07) is 3.49. The van der Waals surface area contributed by atoms with Crippen LogP contribution in [-0.2, 0) is 9.84 Å². The Balaban J connectivity index is 1.56. The average Bonchev–Trinajstić information content (AvgIpc) is 3.36. The van der Waals surface area contributed by atoms with E-state index in [9.17, 15) is 17.2 Å². The van der Waals surface area contributed by atoms with Crippen molar-refractivity contribution in [1.29, 1.82) is 0 Å². The summed E-state index contributed by atoms with van der Waals surface area (Å²) in [5, 5.41) is 3.30. The first-order valence-corrected chi connectivity index (χ1v) is 11.1. The van der Waals surface area contributed by atoms with Crippen molar-refractivity contribution in [2.75, 3.05) is 56.7 Å². The third-order valence-corrected chi connectivity index (χ3v) is 6.32. The molecule has 9 heteroatoms. The van der Waals surface area contributed by atoms with Crippen LogP contribution < -0.4 is 10.2 Å². The van der Waals surface area contributed by atoms with Gasteiger partial charge in [0, 0.05) is 57.5 Å². The van der Waals surface area contributed by atoms with E-state index < -0.39 is 21.5 Å². The van der Waals surface area contributed by atoms with Crippen LogP contribution in [0.3, 0.4) is 0 Å². The van der Waals surface area contributed by atoms with Crippen molar-refractivity contribution >= 4 is 21.5 Å². The van der Waals surface area contributed by atoms with Crippen LogP contribution in [0.1, 0.15) is 12.8 Å². The lowest BCUT2D eigenvalue weighted by Crippen LogP contribution is -2.53. The van der Waals surface area contributed by atoms with E-state index in [1.807, 2.05) is 4.90 Å². The third-order valence-electron chi connectivity index (χ3n) is 5.19. The second-order valence-electron chi connectivity index (χ2n) is 7.54. The number of sulfone groups is 1. The van der Waals surface area contributed by atoms with Gasteiger partial charge in [0.05, 0.1) is 11.4 Å². The molecule has 1 aliphatic heterocycles. The molecule has 1 saturated heterocycles. The van der Waals surface area contributed by atoms with Gasteiger partial charge in [0.25, 0.3) is 0 Å². The molecule has 1 saturated carbocycles. The molecule has 2 fully saturated rings. The van der Waals surface area contributed by atoms with Crippen molar-refractivity contribution in [1.82, 2.24) is 10.2 Å². The highest BCUT2D eigenvalue weighted by Gasteiger charge is 2.45. The van der Waals surface area contributed by atoms with E-state index in [1.165, 1.54) is 12.3 Å². The molecular weight excluding hydrogens is 374 g/mol. The largest absolute Gasteiger partial charge is 0.366 e. The van der Waals surface area contributed by atoms with Gasteiger partial charge in [-0.25, -0.2) is 17.2 Å². The molecule has 150 valence electrons. The summed E-state index contributed by atoms with van der Waals surface area (Å²) < 4.78 is 50.6. The van der Waals surface area contributed by atoms with Gasteiger partial charge in [-0.15, -0.1) is 0 Å². The number of benzene rings is 1. The number of hydrogen-bond donors (Lipinski definition) is 1. The lowest BCUT2D eigenvalue weighted by atomic mass is 10.1.